The van der Waals surface area contributed by atoms with Crippen LogP contribution in [-0.4, -0.2) is 11.2 Å². The molecule has 0 saturated heterocycles. The smallest absolute Gasteiger partial charge is 0.138 e. The van der Waals surface area contributed by atoms with E-state index in [0.717, 1.165) is 23.9 Å². The average molecular weight is 250 g/mol. The van der Waals surface area contributed by atoms with Gasteiger partial charge in [-0.1, -0.05) is 30.8 Å². The van der Waals surface area contributed by atoms with E-state index in [0.29, 0.717) is 6.04 Å². The first-order chi connectivity index (χ1) is 8.68. The molecule has 3 heteroatoms. The van der Waals surface area contributed by atoms with Gasteiger partial charge in [0.15, 0.2) is 0 Å². The minimum atomic E-state index is 0.594. The summed E-state index contributed by atoms with van der Waals surface area (Å²) in [7, 11) is 0. The number of nitrogens with zero attached hydrogens (tertiary/aromatic N) is 1. The van der Waals surface area contributed by atoms with E-state index < -0.39 is 0 Å². The lowest BCUT2D eigenvalue weighted by atomic mass is 9.93. The van der Waals surface area contributed by atoms with Crippen LogP contribution in [0.4, 0.5) is 0 Å². The molecule has 0 aromatic carbocycles. The molecule has 1 N–H and O–H groups in total. The SMILES string of the molecule is Cc1noc(C)c1CN[C@@H](C)C1CCCCCC1. The molecule has 1 atom stereocenters. The molecule has 3 nitrogen and oxygen atoms in total. The molecule has 18 heavy (non-hydrogen) atoms. The van der Waals surface area contributed by atoms with Gasteiger partial charge in [0.25, 0.3) is 0 Å². The Morgan fingerprint density at radius 2 is 1.89 bits per heavy atom. The fourth-order valence-corrected chi connectivity index (χ4v) is 2.99. The van der Waals surface area contributed by atoms with Crippen LogP contribution in [0, 0.1) is 19.8 Å². The second kappa shape index (κ2) is 6.37. The molecule has 1 fully saturated rings. The number of rotatable bonds is 4. The molecule has 0 radical (unpaired) electrons. The van der Waals surface area contributed by atoms with Crippen molar-refractivity contribution in [2.24, 2.45) is 5.92 Å². The molecular weight excluding hydrogens is 224 g/mol. The normalized spacial score (nSPS) is 19.7. The second-order valence-electron chi connectivity index (χ2n) is 5.72. The number of aromatic nitrogens is 1. The minimum absolute atomic E-state index is 0.594. The Hall–Kier alpha value is -0.830. The van der Waals surface area contributed by atoms with Crippen LogP contribution >= 0.6 is 0 Å². The summed E-state index contributed by atoms with van der Waals surface area (Å²) in [6.07, 6.45) is 8.43. The number of aryl methyl sites for hydroxylation is 2. The molecule has 1 aliphatic rings. The zero-order valence-electron chi connectivity index (χ0n) is 12.0. The van der Waals surface area contributed by atoms with Crippen molar-refractivity contribution in [3.05, 3.63) is 17.0 Å². The number of hydrogen-bond donors (Lipinski definition) is 1. The summed E-state index contributed by atoms with van der Waals surface area (Å²) < 4.78 is 5.20. The highest BCUT2D eigenvalue weighted by molar-refractivity contribution is 5.20. The molecule has 1 heterocycles. The van der Waals surface area contributed by atoms with Crippen LogP contribution in [0.15, 0.2) is 4.52 Å². The average Bonchev–Trinajstić information content (AvgIpc) is 2.61. The van der Waals surface area contributed by atoms with Gasteiger partial charge in [-0.15, -0.1) is 0 Å². The van der Waals surface area contributed by atoms with Crippen LogP contribution in [-0.2, 0) is 6.54 Å². The van der Waals surface area contributed by atoms with Gasteiger partial charge in [-0.3, -0.25) is 0 Å². The summed E-state index contributed by atoms with van der Waals surface area (Å²) in [6.45, 7) is 7.23. The first kappa shape index (κ1) is 13.6. The highest BCUT2D eigenvalue weighted by Crippen LogP contribution is 2.25. The predicted octanol–water partition coefficient (Wildman–Crippen LogP) is 3.74. The Balaban J connectivity index is 1.85. The van der Waals surface area contributed by atoms with Crippen molar-refractivity contribution in [3.63, 3.8) is 0 Å². The van der Waals surface area contributed by atoms with Crippen LogP contribution in [0.5, 0.6) is 0 Å². The summed E-state index contributed by atoms with van der Waals surface area (Å²) in [6, 6.07) is 0.594. The Labute approximate surface area is 110 Å². The standard InChI is InChI=1S/C15H26N2O/c1-11(14-8-6-4-5-7-9-14)16-10-15-12(2)17-18-13(15)3/h11,14,16H,4-10H2,1-3H3/t11-/m0/s1. The molecule has 0 bridgehead atoms. The van der Waals surface area contributed by atoms with E-state index in [1.807, 2.05) is 13.8 Å². The third-order valence-electron chi connectivity index (χ3n) is 4.39. The summed E-state index contributed by atoms with van der Waals surface area (Å²) in [5.74, 6) is 1.79. The lowest BCUT2D eigenvalue weighted by Crippen LogP contribution is -2.33. The molecule has 1 saturated carbocycles. The van der Waals surface area contributed by atoms with E-state index in [4.69, 9.17) is 4.52 Å². The minimum Gasteiger partial charge on any atom is -0.361 e. The fraction of sp³-hybridized carbons (Fsp3) is 0.800. The monoisotopic (exact) mass is 250 g/mol. The molecular formula is C15H26N2O. The van der Waals surface area contributed by atoms with Crippen LogP contribution in [0.3, 0.4) is 0 Å². The maximum absolute atomic E-state index is 5.20. The lowest BCUT2D eigenvalue weighted by Gasteiger charge is -2.23. The van der Waals surface area contributed by atoms with Gasteiger partial charge in [0, 0.05) is 18.2 Å². The zero-order valence-corrected chi connectivity index (χ0v) is 12.0. The van der Waals surface area contributed by atoms with Crippen molar-refractivity contribution in [1.82, 2.24) is 10.5 Å². The Morgan fingerprint density at radius 1 is 1.22 bits per heavy atom. The Kier molecular flexibility index (Phi) is 4.81. The molecule has 0 unspecified atom stereocenters. The van der Waals surface area contributed by atoms with Crippen LogP contribution in [0.2, 0.25) is 0 Å². The highest BCUT2D eigenvalue weighted by Gasteiger charge is 2.19. The summed E-state index contributed by atoms with van der Waals surface area (Å²) in [4.78, 5) is 0. The first-order valence-corrected chi connectivity index (χ1v) is 7.33. The number of hydrogen-bond acceptors (Lipinski definition) is 3. The van der Waals surface area contributed by atoms with E-state index in [-0.39, 0.29) is 0 Å². The summed E-state index contributed by atoms with van der Waals surface area (Å²) >= 11 is 0. The van der Waals surface area contributed by atoms with Crippen molar-refractivity contribution < 1.29 is 4.52 Å². The first-order valence-electron chi connectivity index (χ1n) is 7.33. The van der Waals surface area contributed by atoms with Gasteiger partial charge in [0.1, 0.15) is 5.76 Å². The topological polar surface area (TPSA) is 38.1 Å². The Bertz CT molecular complexity index is 345. The van der Waals surface area contributed by atoms with Gasteiger partial charge in [-0.2, -0.15) is 0 Å². The van der Waals surface area contributed by atoms with E-state index in [1.54, 1.807) is 0 Å². The Morgan fingerprint density at radius 3 is 2.44 bits per heavy atom. The largest absolute Gasteiger partial charge is 0.361 e. The van der Waals surface area contributed by atoms with Crippen molar-refractivity contribution in [3.8, 4) is 0 Å². The van der Waals surface area contributed by atoms with Gasteiger partial charge in [-0.05, 0) is 39.5 Å². The highest BCUT2D eigenvalue weighted by atomic mass is 16.5. The van der Waals surface area contributed by atoms with Crippen LogP contribution in [0.1, 0.15) is 62.5 Å². The van der Waals surface area contributed by atoms with Crippen molar-refractivity contribution in [2.45, 2.75) is 71.9 Å². The van der Waals surface area contributed by atoms with Crippen molar-refractivity contribution in [1.29, 1.82) is 0 Å². The molecule has 0 spiro atoms. The molecule has 1 aromatic heterocycles. The van der Waals surface area contributed by atoms with Crippen molar-refractivity contribution in [2.75, 3.05) is 0 Å². The lowest BCUT2D eigenvalue weighted by molar-refractivity contribution is 0.335. The van der Waals surface area contributed by atoms with Crippen molar-refractivity contribution >= 4 is 0 Å². The predicted molar refractivity (Wildman–Crippen MR) is 73.5 cm³/mol. The molecule has 1 aromatic rings. The van der Waals surface area contributed by atoms with E-state index >= 15 is 0 Å². The maximum atomic E-state index is 5.20. The molecule has 102 valence electrons. The zero-order chi connectivity index (χ0) is 13.0. The third-order valence-corrected chi connectivity index (χ3v) is 4.39. The van der Waals surface area contributed by atoms with Gasteiger partial charge >= 0.3 is 0 Å². The molecule has 1 aliphatic carbocycles. The van der Waals surface area contributed by atoms with E-state index in [1.165, 1.54) is 44.1 Å². The molecule has 0 aliphatic heterocycles. The van der Waals surface area contributed by atoms with Gasteiger partial charge in [-0.25, -0.2) is 0 Å². The number of nitrogens with one attached hydrogen (secondary N) is 1. The van der Waals surface area contributed by atoms with Crippen LogP contribution in [0.25, 0.3) is 0 Å². The van der Waals surface area contributed by atoms with E-state index in [9.17, 15) is 0 Å². The summed E-state index contributed by atoms with van der Waals surface area (Å²) in [5.41, 5.74) is 2.25. The summed E-state index contributed by atoms with van der Waals surface area (Å²) in [5, 5.41) is 7.67. The third kappa shape index (κ3) is 3.35. The molecule has 2 rings (SSSR count). The fourth-order valence-electron chi connectivity index (χ4n) is 2.99. The maximum Gasteiger partial charge on any atom is 0.138 e. The van der Waals surface area contributed by atoms with Crippen LogP contribution < -0.4 is 5.32 Å². The molecule has 0 amide bonds. The van der Waals surface area contributed by atoms with Gasteiger partial charge in [0.05, 0.1) is 5.69 Å². The second-order valence-corrected chi connectivity index (χ2v) is 5.72. The van der Waals surface area contributed by atoms with Gasteiger partial charge in [0.2, 0.25) is 0 Å². The van der Waals surface area contributed by atoms with Gasteiger partial charge < -0.3 is 9.84 Å². The van der Waals surface area contributed by atoms with E-state index in [2.05, 4.69) is 17.4 Å². The quantitative estimate of drug-likeness (QED) is 0.827.